The first-order valence-corrected chi connectivity index (χ1v) is 16.4. The molecule has 0 spiro atoms. The Hall–Kier alpha value is -3.12. The van der Waals surface area contributed by atoms with E-state index in [-0.39, 0.29) is 10.8 Å². The molecule has 4 heteroatoms. The molecule has 0 radical (unpaired) electrons. The van der Waals surface area contributed by atoms with E-state index in [1.54, 1.807) is 0 Å². The quantitative estimate of drug-likeness (QED) is 0.198. The van der Waals surface area contributed by atoms with Gasteiger partial charge < -0.3 is 10.6 Å². The summed E-state index contributed by atoms with van der Waals surface area (Å²) in [5, 5.41) is 14.3. The molecule has 0 aliphatic carbocycles. The van der Waals surface area contributed by atoms with Crippen LogP contribution in [0.2, 0.25) is 0 Å². The van der Waals surface area contributed by atoms with E-state index in [0.29, 0.717) is 12.1 Å². The van der Waals surface area contributed by atoms with Gasteiger partial charge in [0.25, 0.3) is 0 Å². The fraction of sp³-hybridized carbons (Fsp3) is 0.368. The summed E-state index contributed by atoms with van der Waals surface area (Å²) in [7, 11) is 0. The Kier molecular flexibility index (Phi) is 12.7. The molecule has 42 heavy (non-hydrogen) atoms. The van der Waals surface area contributed by atoms with Crippen LogP contribution in [0.1, 0.15) is 78.6 Å². The molecule has 0 bridgehead atoms. The van der Waals surface area contributed by atoms with Crippen molar-refractivity contribution in [2.75, 3.05) is 13.1 Å². The van der Waals surface area contributed by atoms with Gasteiger partial charge in [-0.1, -0.05) is 72.2 Å². The van der Waals surface area contributed by atoms with E-state index in [9.17, 15) is 0 Å². The maximum Gasteiger partial charge on any atom is 0.0346 e. The molecular formula is C38H46N2S2. The Bertz CT molecular complexity index is 1480. The highest BCUT2D eigenvalue weighted by molar-refractivity contribution is 7.17. The zero-order valence-electron chi connectivity index (χ0n) is 26.5. The van der Waals surface area contributed by atoms with Crippen LogP contribution >= 0.6 is 22.7 Å². The molecule has 0 saturated heterocycles. The second-order valence-electron chi connectivity index (χ2n) is 12.5. The Labute approximate surface area is 262 Å². The number of nitrogens with one attached hydrogen (secondary N) is 2. The number of benzene rings is 2. The second kappa shape index (κ2) is 15.9. The molecule has 0 unspecified atom stereocenters. The van der Waals surface area contributed by atoms with Crippen LogP contribution in [0.15, 0.2) is 83.6 Å². The van der Waals surface area contributed by atoms with Crippen LogP contribution in [0.4, 0.5) is 0 Å². The van der Waals surface area contributed by atoms with E-state index >= 15 is 0 Å². The smallest absolute Gasteiger partial charge is 0.0346 e. The lowest BCUT2D eigenvalue weighted by atomic mass is 9.98. The maximum atomic E-state index is 3.53. The van der Waals surface area contributed by atoms with Gasteiger partial charge in [-0.2, -0.15) is 0 Å². The first kappa shape index (κ1) is 33.4. The lowest BCUT2D eigenvalue weighted by molar-refractivity contribution is 0.570. The van der Waals surface area contributed by atoms with Crippen molar-refractivity contribution in [1.29, 1.82) is 0 Å². The summed E-state index contributed by atoms with van der Waals surface area (Å²) in [5.74, 6) is 12.6. The van der Waals surface area contributed by atoms with Gasteiger partial charge in [-0.25, -0.2) is 0 Å². The van der Waals surface area contributed by atoms with Crippen molar-refractivity contribution in [1.82, 2.24) is 10.6 Å². The third-order valence-corrected chi connectivity index (χ3v) is 8.30. The summed E-state index contributed by atoms with van der Waals surface area (Å²) in [4.78, 5) is 0. The van der Waals surface area contributed by atoms with E-state index in [4.69, 9.17) is 0 Å². The summed E-state index contributed by atoms with van der Waals surface area (Å²) >= 11 is 3.62. The molecule has 0 aliphatic heterocycles. The highest BCUT2D eigenvalue weighted by Crippen LogP contribution is 2.31. The average Bonchev–Trinajstić information content (AvgIpc) is 3.56. The number of thiophene rings is 2. The minimum atomic E-state index is 0.0701. The molecule has 2 N–H and O–H groups in total. The third kappa shape index (κ3) is 11.3. The van der Waals surface area contributed by atoms with Crippen molar-refractivity contribution in [2.24, 2.45) is 10.8 Å². The fourth-order valence-electron chi connectivity index (χ4n) is 4.13. The molecule has 4 aromatic rings. The Morgan fingerprint density at radius 3 is 1.40 bits per heavy atom. The van der Waals surface area contributed by atoms with E-state index in [1.807, 2.05) is 34.8 Å². The Morgan fingerprint density at radius 2 is 1.02 bits per heavy atom. The van der Waals surface area contributed by atoms with E-state index in [0.717, 1.165) is 13.1 Å². The zero-order chi connectivity index (χ0) is 30.6. The first-order chi connectivity index (χ1) is 19.9. The summed E-state index contributed by atoms with van der Waals surface area (Å²) in [6.45, 7) is 18.8. The highest BCUT2D eigenvalue weighted by Gasteiger charge is 2.11. The molecular weight excluding hydrogens is 549 g/mol. The lowest BCUT2D eigenvalue weighted by Gasteiger charge is -2.11. The molecule has 2 nitrogen and oxygen atoms in total. The van der Waals surface area contributed by atoms with E-state index < -0.39 is 0 Å². The monoisotopic (exact) mass is 594 g/mol. The third-order valence-electron chi connectivity index (χ3n) is 6.34. The summed E-state index contributed by atoms with van der Waals surface area (Å²) in [6.07, 6.45) is 8.06. The number of rotatable bonds is 8. The molecule has 220 valence electrons. The van der Waals surface area contributed by atoms with Gasteiger partial charge in [0.1, 0.15) is 0 Å². The van der Waals surface area contributed by atoms with Crippen LogP contribution in [0, 0.1) is 34.5 Å². The number of fused-ring (bicyclic) bond motifs is 2. The SMILES string of the molecule is C[C@@H](NC/C=C/C#CC(C)(C)C)c1csc2ccccc12.C[C@@H](NC/C=C\C#CC(C)(C)C)c1csc2ccccc12. The predicted octanol–water partition coefficient (Wildman–Crippen LogP) is 10.3. The highest BCUT2D eigenvalue weighted by atomic mass is 32.1. The normalized spacial score (nSPS) is 13.3. The minimum absolute atomic E-state index is 0.0701. The molecule has 2 aromatic carbocycles. The van der Waals surface area contributed by atoms with Crippen molar-refractivity contribution in [3.05, 3.63) is 94.7 Å². The van der Waals surface area contributed by atoms with Gasteiger partial charge in [-0.15, -0.1) is 22.7 Å². The van der Waals surface area contributed by atoms with E-state index in [2.05, 4.69) is 161 Å². The molecule has 0 saturated carbocycles. The maximum absolute atomic E-state index is 3.53. The average molecular weight is 595 g/mol. The van der Waals surface area contributed by atoms with Gasteiger partial charge in [-0.3, -0.25) is 0 Å². The molecule has 0 aliphatic rings. The molecule has 2 heterocycles. The van der Waals surface area contributed by atoms with Gasteiger partial charge in [-0.05, 0) is 112 Å². The summed E-state index contributed by atoms with van der Waals surface area (Å²) in [6, 6.07) is 17.8. The predicted molar refractivity (Wildman–Crippen MR) is 189 cm³/mol. The van der Waals surface area contributed by atoms with Crippen molar-refractivity contribution < 1.29 is 0 Å². The summed E-state index contributed by atoms with van der Waals surface area (Å²) < 4.78 is 2.71. The van der Waals surface area contributed by atoms with Crippen molar-refractivity contribution in [2.45, 2.75) is 67.5 Å². The van der Waals surface area contributed by atoms with Crippen LogP contribution < -0.4 is 10.6 Å². The standard InChI is InChI=1S/2C19H23NS/c2*1-15(20-13-9-5-8-12-19(2,3)4)17-14-21-18-11-7-6-10-16(17)18/h2*5-7,9-11,14-15,20H,13H2,1-4H3/b9-5+;9-5-/t2*15-/m11/s1. The van der Waals surface area contributed by atoms with Crippen molar-refractivity contribution in [3.63, 3.8) is 0 Å². The van der Waals surface area contributed by atoms with Gasteiger partial charge in [0.05, 0.1) is 0 Å². The minimum Gasteiger partial charge on any atom is -0.307 e. The van der Waals surface area contributed by atoms with Crippen LogP contribution in [0.25, 0.3) is 20.2 Å². The largest absolute Gasteiger partial charge is 0.307 e. The Balaban J connectivity index is 0.000000230. The molecule has 4 rings (SSSR count). The van der Waals surface area contributed by atoms with Crippen LogP contribution in [-0.4, -0.2) is 13.1 Å². The van der Waals surface area contributed by atoms with Gasteiger partial charge >= 0.3 is 0 Å². The van der Waals surface area contributed by atoms with Crippen LogP contribution in [0.5, 0.6) is 0 Å². The fourth-order valence-corrected chi connectivity index (χ4v) is 6.24. The lowest BCUT2D eigenvalue weighted by Crippen LogP contribution is -2.18. The van der Waals surface area contributed by atoms with Gasteiger partial charge in [0.2, 0.25) is 0 Å². The topological polar surface area (TPSA) is 24.1 Å². The van der Waals surface area contributed by atoms with E-state index in [1.165, 1.54) is 31.3 Å². The van der Waals surface area contributed by atoms with Crippen molar-refractivity contribution >= 4 is 42.8 Å². The van der Waals surface area contributed by atoms with Gasteiger partial charge in [0, 0.05) is 45.4 Å². The molecule has 0 amide bonds. The van der Waals surface area contributed by atoms with Crippen LogP contribution in [-0.2, 0) is 0 Å². The number of hydrogen-bond donors (Lipinski definition) is 2. The number of allylic oxidation sites excluding steroid dienone is 2. The molecule has 0 fully saturated rings. The first-order valence-electron chi connectivity index (χ1n) is 14.7. The molecule has 2 aromatic heterocycles. The Morgan fingerprint density at radius 1 is 0.643 bits per heavy atom. The zero-order valence-corrected chi connectivity index (χ0v) is 28.1. The van der Waals surface area contributed by atoms with Gasteiger partial charge in [0.15, 0.2) is 0 Å². The summed E-state index contributed by atoms with van der Waals surface area (Å²) in [5.41, 5.74) is 2.90. The molecule has 2 atom stereocenters. The second-order valence-corrected chi connectivity index (χ2v) is 14.3. The number of hydrogen-bond acceptors (Lipinski definition) is 4. The van der Waals surface area contributed by atoms with Crippen molar-refractivity contribution in [3.8, 4) is 23.7 Å². The van der Waals surface area contributed by atoms with Crippen LogP contribution in [0.3, 0.4) is 0 Å².